The molecule has 5 nitrogen and oxygen atoms in total. The molecule has 1 aromatic rings. The van der Waals surface area contributed by atoms with Gasteiger partial charge >= 0.3 is 0 Å². The maximum atomic E-state index is 11.1. The average molecular weight is 298 g/mol. The van der Waals surface area contributed by atoms with Crippen LogP contribution in [-0.2, 0) is 14.8 Å². The molecule has 0 amide bonds. The molecule has 1 aliphatic rings. The molecule has 1 aromatic carbocycles. The molecule has 0 bridgehead atoms. The van der Waals surface area contributed by atoms with Gasteiger partial charge in [-0.25, -0.2) is 8.42 Å². The molecule has 2 N–H and O–H groups in total. The van der Waals surface area contributed by atoms with Crippen molar-refractivity contribution in [1.29, 1.82) is 0 Å². The van der Waals surface area contributed by atoms with Crippen LogP contribution in [0.1, 0.15) is 26.7 Å². The molecule has 1 saturated heterocycles. The summed E-state index contributed by atoms with van der Waals surface area (Å²) in [5.41, 5.74) is 1.48. The van der Waals surface area contributed by atoms with Crippen molar-refractivity contribution < 1.29 is 13.2 Å². The molecule has 0 aliphatic carbocycles. The van der Waals surface area contributed by atoms with Gasteiger partial charge in [0.05, 0.1) is 11.9 Å². The highest BCUT2D eigenvalue weighted by molar-refractivity contribution is 7.92. The summed E-state index contributed by atoms with van der Waals surface area (Å²) in [6, 6.07) is 7.67. The fourth-order valence-electron chi connectivity index (χ4n) is 2.44. The topological polar surface area (TPSA) is 67.4 Å². The highest BCUT2D eigenvalue weighted by Crippen LogP contribution is 2.26. The highest BCUT2D eigenvalue weighted by atomic mass is 32.2. The third-order valence-corrected chi connectivity index (χ3v) is 3.86. The molecule has 1 aliphatic heterocycles. The largest absolute Gasteiger partial charge is 0.382 e. The van der Waals surface area contributed by atoms with Crippen LogP contribution in [0.3, 0.4) is 0 Å². The number of ether oxygens (including phenoxy) is 1. The van der Waals surface area contributed by atoms with Gasteiger partial charge in [-0.15, -0.1) is 0 Å². The van der Waals surface area contributed by atoms with E-state index in [1.54, 1.807) is 12.1 Å². The van der Waals surface area contributed by atoms with E-state index in [1.165, 1.54) is 0 Å². The lowest BCUT2D eigenvalue weighted by Crippen LogP contribution is -2.40. The van der Waals surface area contributed by atoms with Crippen LogP contribution < -0.4 is 10.0 Å². The molecule has 6 heteroatoms. The Bertz CT molecular complexity index is 552. The molecule has 1 unspecified atom stereocenters. The lowest BCUT2D eigenvalue weighted by Gasteiger charge is -2.36. The van der Waals surface area contributed by atoms with Crippen LogP contribution >= 0.6 is 0 Å². The van der Waals surface area contributed by atoms with Crippen LogP contribution in [0.25, 0.3) is 0 Å². The average Bonchev–Trinajstić information content (AvgIpc) is 2.28. The van der Waals surface area contributed by atoms with Crippen molar-refractivity contribution in [2.45, 2.75) is 38.3 Å². The zero-order valence-electron chi connectivity index (χ0n) is 12.1. The molecule has 2 rings (SSSR count). The van der Waals surface area contributed by atoms with Gasteiger partial charge < -0.3 is 10.1 Å². The first-order chi connectivity index (χ1) is 9.23. The van der Waals surface area contributed by atoms with Crippen molar-refractivity contribution in [1.82, 2.24) is 0 Å². The number of hydrogen-bond acceptors (Lipinski definition) is 4. The molecule has 0 spiro atoms. The summed E-state index contributed by atoms with van der Waals surface area (Å²) in [6.45, 7) is 4.96. The van der Waals surface area contributed by atoms with E-state index in [9.17, 15) is 8.42 Å². The van der Waals surface area contributed by atoms with Gasteiger partial charge in [0.1, 0.15) is 0 Å². The zero-order chi connectivity index (χ0) is 14.8. The van der Waals surface area contributed by atoms with E-state index in [-0.39, 0.29) is 5.60 Å². The Kier molecular flexibility index (Phi) is 4.25. The lowest BCUT2D eigenvalue weighted by molar-refractivity contribution is -0.0553. The second-order valence-corrected chi connectivity index (χ2v) is 7.64. The Labute approximate surface area is 120 Å². The van der Waals surface area contributed by atoms with E-state index >= 15 is 0 Å². The van der Waals surface area contributed by atoms with Crippen LogP contribution in [0.2, 0.25) is 0 Å². The van der Waals surface area contributed by atoms with Crippen LogP contribution in [0, 0.1) is 0 Å². The van der Waals surface area contributed by atoms with Crippen LogP contribution in [0.15, 0.2) is 24.3 Å². The number of hydrogen-bond donors (Lipinski definition) is 2. The Morgan fingerprint density at radius 1 is 1.20 bits per heavy atom. The Morgan fingerprint density at radius 3 is 2.35 bits per heavy atom. The van der Waals surface area contributed by atoms with E-state index in [0.717, 1.165) is 31.4 Å². The van der Waals surface area contributed by atoms with Gasteiger partial charge in [0.25, 0.3) is 0 Å². The molecule has 1 fully saturated rings. The number of anilines is 2. The van der Waals surface area contributed by atoms with Crippen molar-refractivity contribution in [3.63, 3.8) is 0 Å². The fourth-order valence-corrected chi connectivity index (χ4v) is 3.00. The molecule has 0 radical (unpaired) electrons. The third-order valence-electron chi connectivity index (χ3n) is 3.26. The first kappa shape index (κ1) is 15.1. The lowest BCUT2D eigenvalue weighted by atomic mass is 9.94. The Morgan fingerprint density at radius 2 is 1.80 bits per heavy atom. The van der Waals surface area contributed by atoms with Gasteiger partial charge in [0.2, 0.25) is 10.0 Å². The van der Waals surface area contributed by atoms with E-state index in [4.69, 9.17) is 4.74 Å². The number of rotatable bonds is 4. The summed E-state index contributed by atoms with van der Waals surface area (Å²) >= 11 is 0. The van der Waals surface area contributed by atoms with Gasteiger partial charge in [-0.2, -0.15) is 0 Å². The van der Waals surface area contributed by atoms with Gasteiger partial charge in [-0.3, -0.25) is 4.72 Å². The molecular weight excluding hydrogens is 276 g/mol. The molecule has 1 atom stereocenters. The number of benzene rings is 1. The van der Waals surface area contributed by atoms with E-state index in [2.05, 4.69) is 23.9 Å². The summed E-state index contributed by atoms with van der Waals surface area (Å²) in [4.78, 5) is 0. The van der Waals surface area contributed by atoms with Gasteiger partial charge in [-0.05, 0) is 51.0 Å². The molecule has 112 valence electrons. The van der Waals surface area contributed by atoms with Gasteiger partial charge in [0.15, 0.2) is 0 Å². The molecular formula is C14H22N2O3S. The minimum absolute atomic E-state index is 0.0896. The normalized spacial score (nSPS) is 22.2. The smallest absolute Gasteiger partial charge is 0.229 e. The summed E-state index contributed by atoms with van der Waals surface area (Å²) in [6.07, 6.45) is 3.08. The van der Waals surface area contributed by atoms with Gasteiger partial charge in [0, 0.05) is 24.0 Å². The summed E-state index contributed by atoms with van der Waals surface area (Å²) in [5.74, 6) is 0. The van der Waals surface area contributed by atoms with Crippen molar-refractivity contribution >= 4 is 21.4 Å². The van der Waals surface area contributed by atoms with Crippen LogP contribution in [0.5, 0.6) is 0 Å². The van der Waals surface area contributed by atoms with Gasteiger partial charge in [-0.1, -0.05) is 0 Å². The Hall–Kier alpha value is -1.27. The summed E-state index contributed by atoms with van der Waals surface area (Å²) in [5, 5.41) is 3.47. The maximum Gasteiger partial charge on any atom is 0.229 e. The van der Waals surface area contributed by atoms with E-state index in [0.29, 0.717) is 11.7 Å². The quantitative estimate of drug-likeness (QED) is 0.896. The van der Waals surface area contributed by atoms with Crippen molar-refractivity contribution in [2.75, 3.05) is 22.9 Å². The predicted molar refractivity (Wildman–Crippen MR) is 81.6 cm³/mol. The SMILES string of the molecule is CC1(C)CC(Nc2ccc(NS(C)(=O)=O)cc2)CCO1. The molecule has 0 aromatic heterocycles. The van der Waals surface area contributed by atoms with Crippen molar-refractivity contribution in [3.8, 4) is 0 Å². The Balaban J connectivity index is 1.97. The summed E-state index contributed by atoms with van der Waals surface area (Å²) in [7, 11) is -3.22. The predicted octanol–water partition coefficient (Wildman–Crippen LogP) is 2.43. The first-order valence-corrected chi connectivity index (χ1v) is 8.61. The monoisotopic (exact) mass is 298 g/mol. The molecule has 1 heterocycles. The fraction of sp³-hybridized carbons (Fsp3) is 0.571. The minimum Gasteiger partial charge on any atom is -0.382 e. The highest BCUT2D eigenvalue weighted by Gasteiger charge is 2.28. The molecule has 20 heavy (non-hydrogen) atoms. The maximum absolute atomic E-state index is 11.1. The number of nitrogens with one attached hydrogen (secondary N) is 2. The van der Waals surface area contributed by atoms with Crippen molar-refractivity contribution in [3.05, 3.63) is 24.3 Å². The second kappa shape index (κ2) is 5.61. The number of sulfonamides is 1. The molecule has 0 saturated carbocycles. The summed E-state index contributed by atoms with van der Waals surface area (Å²) < 4.78 is 30.4. The van der Waals surface area contributed by atoms with E-state index < -0.39 is 10.0 Å². The standard InChI is InChI=1S/C14H22N2O3S/c1-14(2)10-13(8-9-19-14)15-11-4-6-12(7-5-11)16-20(3,17)18/h4-7,13,15-16H,8-10H2,1-3H3. The van der Waals surface area contributed by atoms with Crippen molar-refractivity contribution in [2.24, 2.45) is 0 Å². The van der Waals surface area contributed by atoms with Crippen LogP contribution in [-0.4, -0.2) is 32.9 Å². The second-order valence-electron chi connectivity index (χ2n) is 5.89. The first-order valence-electron chi connectivity index (χ1n) is 6.72. The van der Waals surface area contributed by atoms with E-state index in [1.807, 2.05) is 12.1 Å². The third kappa shape index (κ3) is 4.68. The zero-order valence-corrected chi connectivity index (χ0v) is 13.0. The van der Waals surface area contributed by atoms with Crippen LogP contribution in [0.4, 0.5) is 11.4 Å². The minimum atomic E-state index is -3.22.